The highest BCUT2D eigenvalue weighted by Crippen LogP contribution is 2.42. The highest BCUT2D eigenvalue weighted by molar-refractivity contribution is 6.06. The number of halogens is 1. The Morgan fingerprint density at radius 2 is 1.94 bits per heavy atom. The number of carbonyl (C=O) groups excluding carboxylic acids is 3. The first-order chi connectivity index (χ1) is 16.4. The van der Waals surface area contributed by atoms with Gasteiger partial charge < -0.3 is 15.1 Å². The molecule has 0 aromatic heterocycles. The molecule has 174 valence electrons. The van der Waals surface area contributed by atoms with Gasteiger partial charge in [-0.25, -0.2) is 9.18 Å². The third kappa shape index (κ3) is 3.99. The molecule has 8 nitrogen and oxygen atoms in total. The van der Waals surface area contributed by atoms with E-state index in [1.54, 1.807) is 60.5 Å². The van der Waals surface area contributed by atoms with Crippen molar-refractivity contribution in [1.82, 2.24) is 15.1 Å². The van der Waals surface area contributed by atoms with Crippen LogP contribution in [0.25, 0.3) is 0 Å². The molecule has 0 saturated carbocycles. The van der Waals surface area contributed by atoms with E-state index in [9.17, 15) is 24.0 Å². The van der Waals surface area contributed by atoms with Crippen molar-refractivity contribution in [2.24, 2.45) is 0 Å². The lowest BCUT2D eigenvalue weighted by Crippen LogP contribution is -2.56. The number of carbonyl (C=O) groups is 3. The average molecular weight is 461 g/mol. The number of hydrogen-bond acceptors (Lipinski definition) is 4. The number of nitrogens with one attached hydrogen (secondary N) is 1. The molecule has 1 atom stereocenters. The molecule has 2 aliphatic rings. The van der Waals surface area contributed by atoms with Crippen molar-refractivity contribution in [3.63, 3.8) is 0 Å². The standard InChI is InChI=1S/C25H24FN5O3/c1-28-21(32)15-30-23(18-8-6-16(14-27)7-9-18)22-20(10-11-29(2)24(22)33)31(25(30)34)19-5-3-4-17(12-19)13-26/h3-9,12,23H,10-11,13,15H2,1-2H3,(H,28,32). The van der Waals surface area contributed by atoms with Crippen LogP contribution < -0.4 is 10.2 Å². The summed E-state index contributed by atoms with van der Waals surface area (Å²) >= 11 is 0. The molecule has 0 radical (unpaired) electrons. The van der Waals surface area contributed by atoms with E-state index in [2.05, 4.69) is 11.4 Å². The first kappa shape index (κ1) is 23.0. The van der Waals surface area contributed by atoms with E-state index in [1.165, 1.54) is 16.8 Å². The lowest BCUT2D eigenvalue weighted by Gasteiger charge is -2.46. The van der Waals surface area contributed by atoms with Crippen LogP contribution in [0.1, 0.15) is 29.2 Å². The predicted octanol–water partition coefficient (Wildman–Crippen LogP) is 2.87. The van der Waals surface area contributed by atoms with Crippen molar-refractivity contribution in [2.75, 3.05) is 32.1 Å². The van der Waals surface area contributed by atoms with E-state index in [-0.39, 0.29) is 12.5 Å². The number of benzene rings is 2. The van der Waals surface area contributed by atoms with Gasteiger partial charge >= 0.3 is 6.03 Å². The molecule has 2 aliphatic heterocycles. The smallest absolute Gasteiger partial charge is 0.330 e. The van der Waals surface area contributed by atoms with E-state index in [4.69, 9.17) is 0 Å². The second kappa shape index (κ2) is 9.35. The molecule has 9 heteroatoms. The van der Waals surface area contributed by atoms with Crippen LogP contribution in [0.3, 0.4) is 0 Å². The molecule has 2 heterocycles. The summed E-state index contributed by atoms with van der Waals surface area (Å²) in [4.78, 5) is 44.1. The van der Waals surface area contributed by atoms with E-state index in [1.807, 2.05) is 0 Å². The van der Waals surface area contributed by atoms with Gasteiger partial charge in [0.25, 0.3) is 5.91 Å². The molecule has 0 fully saturated rings. The van der Waals surface area contributed by atoms with E-state index in [0.29, 0.717) is 46.6 Å². The fourth-order valence-electron chi connectivity index (χ4n) is 4.38. The number of amides is 4. The topological polar surface area (TPSA) is 96.8 Å². The summed E-state index contributed by atoms with van der Waals surface area (Å²) in [5.74, 6) is -0.651. The zero-order valence-electron chi connectivity index (χ0n) is 18.9. The molecule has 34 heavy (non-hydrogen) atoms. The third-order valence-electron chi connectivity index (χ3n) is 6.14. The van der Waals surface area contributed by atoms with Crippen molar-refractivity contribution >= 4 is 23.5 Å². The first-order valence-corrected chi connectivity index (χ1v) is 10.8. The number of hydrogen-bond donors (Lipinski definition) is 1. The molecular weight excluding hydrogens is 437 g/mol. The zero-order chi connectivity index (χ0) is 24.4. The Hall–Kier alpha value is -4.19. The van der Waals surface area contributed by atoms with Crippen LogP contribution in [-0.2, 0) is 16.3 Å². The summed E-state index contributed by atoms with van der Waals surface area (Å²) < 4.78 is 13.4. The Kier molecular flexibility index (Phi) is 6.32. The minimum atomic E-state index is -0.816. The van der Waals surface area contributed by atoms with Crippen molar-refractivity contribution in [2.45, 2.75) is 19.1 Å². The van der Waals surface area contributed by atoms with Crippen molar-refractivity contribution in [1.29, 1.82) is 5.26 Å². The summed E-state index contributed by atoms with van der Waals surface area (Å²) in [5.41, 5.74) is 2.81. The molecule has 2 aromatic carbocycles. The second-order valence-electron chi connectivity index (χ2n) is 8.20. The highest BCUT2D eigenvalue weighted by Gasteiger charge is 2.46. The summed E-state index contributed by atoms with van der Waals surface area (Å²) in [6.45, 7) is -0.563. The second-order valence-corrected chi connectivity index (χ2v) is 8.20. The minimum absolute atomic E-state index is 0.253. The summed E-state index contributed by atoms with van der Waals surface area (Å²) in [6.07, 6.45) is 0.420. The summed E-state index contributed by atoms with van der Waals surface area (Å²) in [7, 11) is 3.16. The number of nitriles is 1. The van der Waals surface area contributed by atoms with Gasteiger partial charge in [0, 0.05) is 32.8 Å². The minimum Gasteiger partial charge on any atom is -0.358 e. The Morgan fingerprint density at radius 1 is 1.21 bits per heavy atom. The number of nitrogens with zero attached hydrogens (tertiary/aromatic N) is 4. The Bertz CT molecular complexity index is 1220. The Balaban J connectivity index is 1.95. The van der Waals surface area contributed by atoms with Crippen LogP contribution in [-0.4, -0.2) is 54.8 Å². The molecule has 0 saturated heterocycles. The summed E-state index contributed by atoms with van der Waals surface area (Å²) in [5, 5.41) is 11.7. The SMILES string of the molecule is CNC(=O)CN1C(=O)N(c2cccc(CF)c2)C2=C(C(=O)N(C)CC2)C1c1ccc(C#N)cc1. The molecule has 1 N–H and O–H groups in total. The number of likely N-dealkylation sites (N-methyl/N-ethyl adjacent to an activating group) is 2. The van der Waals surface area contributed by atoms with E-state index < -0.39 is 24.7 Å². The van der Waals surface area contributed by atoms with Gasteiger partial charge in [0.1, 0.15) is 13.2 Å². The van der Waals surface area contributed by atoms with Gasteiger partial charge in [0.2, 0.25) is 5.91 Å². The van der Waals surface area contributed by atoms with E-state index in [0.717, 1.165) is 0 Å². The van der Waals surface area contributed by atoms with Crippen LogP contribution in [0.2, 0.25) is 0 Å². The van der Waals surface area contributed by atoms with Gasteiger partial charge in [-0.2, -0.15) is 5.26 Å². The Morgan fingerprint density at radius 3 is 2.59 bits per heavy atom. The monoisotopic (exact) mass is 461 g/mol. The van der Waals surface area contributed by atoms with Crippen molar-refractivity contribution < 1.29 is 18.8 Å². The van der Waals surface area contributed by atoms with Crippen molar-refractivity contribution in [3.8, 4) is 6.07 Å². The number of anilines is 1. The summed E-state index contributed by atoms with van der Waals surface area (Å²) in [6, 6.07) is 13.9. The fraction of sp³-hybridized carbons (Fsp3) is 0.280. The number of alkyl halides is 1. The number of rotatable bonds is 5. The normalized spacial score (nSPS) is 18.1. The largest absolute Gasteiger partial charge is 0.358 e. The maximum atomic E-state index is 13.9. The molecule has 1 unspecified atom stereocenters. The molecule has 4 rings (SSSR count). The molecule has 0 spiro atoms. The maximum absolute atomic E-state index is 13.9. The van der Waals surface area contributed by atoms with Crippen LogP contribution >= 0.6 is 0 Å². The average Bonchev–Trinajstić information content (AvgIpc) is 2.87. The molecule has 0 aliphatic carbocycles. The molecule has 4 amide bonds. The highest BCUT2D eigenvalue weighted by atomic mass is 19.1. The van der Waals surface area contributed by atoms with E-state index >= 15 is 0 Å². The van der Waals surface area contributed by atoms with Crippen molar-refractivity contribution in [3.05, 3.63) is 76.5 Å². The van der Waals surface area contributed by atoms with Gasteiger partial charge in [-0.3, -0.25) is 14.5 Å². The lowest BCUT2D eigenvalue weighted by atomic mass is 9.88. The van der Waals surface area contributed by atoms with Crippen LogP contribution in [0.5, 0.6) is 0 Å². The van der Waals surface area contributed by atoms with Crippen LogP contribution in [0.4, 0.5) is 14.9 Å². The van der Waals surface area contributed by atoms with Gasteiger partial charge in [-0.05, 0) is 35.4 Å². The van der Waals surface area contributed by atoms with Gasteiger partial charge in [0.15, 0.2) is 0 Å². The third-order valence-corrected chi connectivity index (χ3v) is 6.14. The molecule has 0 bridgehead atoms. The number of urea groups is 1. The van der Waals surface area contributed by atoms with Gasteiger partial charge in [0.05, 0.1) is 28.9 Å². The zero-order valence-corrected chi connectivity index (χ0v) is 18.9. The predicted molar refractivity (Wildman–Crippen MR) is 123 cm³/mol. The molecular formula is C25H24FN5O3. The maximum Gasteiger partial charge on any atom is 0.330 e. The van der Waals surface area contributed by atoms with Gasteiger partial charge in [-0.15, -0.1) is 0 Å². The van der Waals surface area contributed by atoms with Crippen LogP contribution in [0.15, 0.2) is 59.8 Å². The van der Waals surface area contributed by atoms with Crippen LogP contribution in [0, 0.1) is 11.3 Å². The van der Waals surface area contributed by atoms with Gasteiger partial charge in [-0.1, -0.05) is 24.3 Å². The Labute approximate surface area is 196 Å². The molecule has 2 aromatic rings. The fourth-order valence-corrected chi connectivity index (χ4v) is 4.38. The lowest BCUT2D eigenvalue weighted by molar-refractivity contribution is -0.128. The first-order valence-electron chi connectivity index (χ1n) is 10.8. The quantitative estimate of drug-likeness (QED) is 0.741.